The number of hydrogen-bond acceptors (Lipinski definition) is 3. The van der Waals surface area contributed by atoms with E-state index in [4.69, 9.17) is 0 Å². The molecule has 2 heterocycles. The van der Waals surface area contributed by atoms with Crippen molar-refractivity contribution >= 4 is 35.6 Å². The van der Waals surface area contributed by atoms with Gasteiger partial charge in [-0.3, -0.25) is 9.59 Å². The van der Waals surface area contributed by atoms with Crippen LogP contribution in [0.15, 0.2) is 36.4 Å². The minimum atomic E-state index is -0.156. The molecule has 2 amide bonds. The lowest BCUT2D eigenvalue weighted by Crippen LogP contribution is -2.22. The fourth-order valence-corrected chi connectivity index (χ4v) is 3.96. The van der Waals surface area contributed by atoms with Gasteiger partial charge in [0, 0.05) is 12.0 Å². The Morgan fingerprint density at radius 3 is 2.68 bits per heavy atom. The number of carbonyl (C=O) groups excluding carboxylic acids is 2. The highest BCUT2D eigenvalue weighted by atomic mass is 35.5. The van der Waals surface area contributed by atoms with Gasteiger partial charge in [0.15, 0.2) is 0 Å². The third-order valence-electron chi connectivity index (χ3n) is 5.40. The molecule has 0 saturated carbocycles. The number of rotatable bonds is 4. The number of halogens is 1. The van der Waals surface area contributed by atoms with Crippen LogP contribution in [0.3, 0.4) is 0 Å². The van der Waals surface area contributed by atoms with Crippen LogP contribution in [0, 0.1) is 12.8 Å². The van der Waals surface area contributed by atoms with Gasteiger partial charge in [-0.2, -0.15) is 0 Å². The van der Waals surface area contributed by atoms with Crippen LogP contribution in [0.5, 0.6) is 0 Å². The molecule has 2 aromatic rings. The molecular formula is C22H26ClN3O2. The van der Waals surface area contributed by atoms with E-state index in [-0.39, 0.29) is 24.2 Å². The molecule has 1 atom stereocenters. The molecule has 0 bridgehead atoms. The van der Waals surface area contributed by atoms with Gasteiger partial charge in [0.25, 0.3) is 5.91 Å². The minimum Gasteiger partial charge on any atom is -0.324 e. The van der Waals surface area contributed by atoms with E-state index in [1.807, 2.05) is 37.3 Å². The lowest BCUT2D eigenvalue weighted by molar-refractivity contribution is -0.116. The molecule has 0 aliphatic carbocycles. The first kappa shape index (κ1) is 20.4. The van der Waals surface area contributed by atoms with E-state index in [0.717, 1.165) is 36.3 Å². The quantitative estimate of drug-likeness (QED) is 0.734. The number of aryl methyl sites for hydroxylation is 2. The molecule has 0 aromatic heterocycles. The van der Waals surface area contributed by atoms with Crippen LogP contribution in [0.1, 0.15) is 39.9 Å². The van der Waals surface area contributed by atoms with Gasteiger partial charge >= 0.3 is 0 Å². The Balaban J connectivity index is 0.00000225. The van der Waals surface area contributed by atoms with Gasteiger partial charge in [-0.1, -0.05) is 18.2 Å². The second-order valence-electron chi connectivity index (χ2n) is 7.61. The Bertz CT molecular complexity index is 874. The molecule has 4 rings (SSSR count). The summed E-state index contributed by atoms with van der Waals surface area (Å²) in [5.41, 5.74) is 5.44. The molecule has 1 unspecified atom stereocenters. The summed E-state index contributed by atoms with van der Waals surface area (Å²) in [6.45, 7) is 4.17. The maximum Gasteiger partial charge on any atom is 0.255 e. The van der Waals surface area contributed by atoms with Crippen LogP contribution >= 0.6 is 12.4 Å². The van der Waals surface area contributed by atoms with Crippen LogP contribution in [0.25, 0.3) is 0 Å². The third kappa shape index (κ3) is 4.54. The number of nitrogens with one attached hydrogen (secondary N) is 3. The van der Waals surface area contributed by atoms with E-state index in [1.165, 1.54) is 12.0 Å². The Labute approximate surface area is 171 Å². The zero-order chi connectivity index (χ0) is 18.8. The average molecular weight is 400 g/mol. The highest BCUT2D eigenvalue weighted by Gasteiger charge is 2.20. The molecule has 3 N–H and O–H groups in total. The molecule has 6 heteroatoms. The predicted molar refractivity (Wildman–Crippen MR) is 114 cm³/mol. The van der Waals surface area contributed by atoms with Crippen molar-refractivity contribution in [2.45, 2.75) is 32.6 Å². The van der Waals surface area contributed by atoms with Gasteiger partial charge in [0.2, 0.25) is 5.91 Å². The predicted octanol–water partition coefficient (Wildman–Crippen LogP) is 3.71. The molecular weight excluding hydrogens is 374 g/mol. The number of fused-ring (bicyclic) bond motifs is 1. The summed E-state index contributed by atoms with van der Waals surface area (Å²) < 4.78 is 0. The highest BCUT2D eigenvalue weighted by molar-refractivity contribution is 6.08. The van der Waals surface area contributed by atoms with Crippen molar-refractivity contribution < 1.29 is 9.59 Å². The van der Waals surface area contributed by atoms with Gasteiger partial charge in [0.05, 0.1) is 11.4 Å². The smallest absolute Gasteiger partial charge is 0.255 e. The molecule has 1 fully saturated rings. The van der Waals surface area contributed by atoms with Crippen LogP contribution < -0.4 is 16.0 Å². The van der Waals surface area contributed by atoms with Crippen molar-refractivity contribution in [3.8, 4) is 0 Å². The molecule has 0 spiro atoms. The van der Waals surface area contributed by atoms with Gasteiger partial charge in [-0.15, -0.1) is 12.4 Å². The Hall–Kier alpha value is -2.37. The van der Waals surface area contributed by atoms with Gasteiger partial charge in [0.1, 0.15) is 0 Å². The van der Waals surface area contributed by atoms with Crippen molar-refractivity contribution in [1.82, 2.24) is 5.32 Å². The minimum absolute atomic E-state index is 0. The van der Waals surface area contributed by atoms with Crippen LogP contribution in [0.2, 0.25) is 0 Å². The Morgan fingerprint density at radius 1 is 1.18 bits per heavy atom. The largest absolute Gasteiger partial charge is 0.324 e. The molecule has 1 saturated heterocycles. The molecule has 2 aliphatic rings. The van der Waals surface area contributed by atoms with E-state index in [9.17, 15) is 9.59 Å². The number of amides is 2. The molecule has 0 radical (unpaired) electrons. The molecule has 5 nitrogen and oxygen atoms in total. The number of carbonyl (C=O) groups is 2. The maximum atomic E-state index is 12.7. The second kappa shape index (κ2) is 8.76. The van der Waals surface area contributed by atoms with Gasteiger partial charge in [-0.05, 0) is 80.1 Å². The number of anilines is 2. The molecule has 148 valence electrons. The summed E-state index contributed by atoms with van der Waals surface area (Å²) in [7, 11) is 0. The van der Waals surface area contributed by atoms with Gasteiger partial charge in [-0.25, -0.2) is 0 Å². The van der Waals surface area contributed by atoms with Crippen molar-refractivity contribution in [3.63, 3.8) is 0 Å². The fraction of sp³-hybridized carbons (Fsp3) is 0.364. The van der Waals surface area contributed by atoms with E-state index in [0.29, 0.717) is 30.0 Å². The van der Waals surface area contributed by atoms with Crippen molar-refractivity contribution in [1.29, 1.82) is 0 Å². The van der Waals surface area contributed by atoms with Crippen molar-refractivity contribution in [2.24, 2.45) is 5.92 Å². The normalized spacial score (nSPS) is 18.0. The molecule has 2 aliphatic heterocycles. The van der Waals surface area contributed by atoms with Crippen molar-refractivity contribution in [3.05, 3.63) is 58.7 Å². The summed E-state index contributed by atoms with van der Waals surface area (Å²) in [5, 5.41) is 9.27. The SMILES string of the molecule is Cc1cc2c(c(NC(=O)c3ccc(CC4CCNC4)cc3)c1)NC(=O)CC2.Cl. The standard InChI is InChI=1S/C22H25N3O2.ClH/c1-14-10-18-6-7-20(26)25-21(18)19(11-14)24-22(27)17-4-2-15(3-5-17)12-16-8-9-23-13-16;/h2-5,10-11,16,23H,6-9,12-13H2,1H3,(H,24,27)(H,25,26);1H. The number of hydrogen-bond donors (Lipinski definition) is 3. The fourth-order valence-electron chi connectivity index (χ4n) is 3.96. The van der Waals surface area contributed by atoms with Crippen molar-refractivity contribution in [2.75, 3.05) is 23.7 Å². The Kier molecular flexibility index (Phi) is 6.37. The second-order valence-corrected chi connectivity index (χ2v) is 7.61. The summed E-state index contributed by atoms with van der Waals surface area (Å²) in [6.07, 6.45) is 3.46. The first-order valence-electron chi connectivity index (χ1n) is 9.63. The molecule has 2 aromatic carbocycles. The summed E-state index contributed by atoms with van der Waals surface area (Å²) in [4.78, 5) is 24.5. The number of benzene rings is 2. The van der Waals surface area contributed by atoms with Gasteiger partial charge < -0.3 is 16.0 Å². The monoisotopic (exact) mass is 399 g/mol. The molecule has 28 heavy (non-hydrogen) atoms. The lowest BCUT2D eigenvalue weighted by Gasteiger charge is -2.21. The Morgan fingerprint density at radius 2 is 1.96 bits per heavy atom. The third-order valence-corrected chi connectivity index (χ3v) is 5.40. The maximum absolute atomic E-state index is 12.7. The van der Waals surface area contributed by atoms with Crippen LogP contribution in [-0.2, 0) is 17.6 Å². The van der Waals surface area contributed by atoms with E-state index in [2.05, 4.69) is 22.0 Å². The highest BCUT2D eigenvalue weighted by Crippen LogP contribution is 2.32. The first-order chi connectivity index (χ1) is 13.1. The average Bonchev–Trinajstić information content (AvgIpc) is 3.16. The first-order valence-corrected chi connectivity index (χ1v) is 9.63. The zero-order valence-electron chi connectivity index (χ0n) is 16.0. The van der Waals surface area contributed by atoms with Crippen LogP contribution in [0.4, 0.5) is 11.4 Å². The lowest BCUT2D eigenvalue weighted by atomic mass is 9.97. The van der Waals surface area contributed by atoms with Crippen LogP contribution in [-0.4, -0.2) is 24.9 Å². The summed E-state index contributed by atoms with van der Waals surface area (Å²) >= 11 is 0. The van der Waals surface area contributed by atoms with E-state index in [1.54, 1.807) is 0 Å². The van der Waals surface area contributed by atoms with E-state index >= 15 is 0 Å². The topological polar surface area (TPSA) is 70.2 Å². The zero-order valence-corrected chi connectivity index (χ0v) is 16.8. The van der Waals surface area contributed by atoms with E-state index < -0.39 is 0 Å². The summed E-state index contributed by atoms with van der Waals surface area (Å²) in [6, 6.07) is 11.8. The summed E-state index contributed by atoms with van der Waals surface area (Å²) in [5.74, 6) is 0.524.